The minimum atomic E-state index is -1.12. The van der Waals surface area contributed by atoms with Gasteiger partial charge in [0.1, 0.15) is 11.4 Å². The van der Waals surface area contributed by atoms with E-state index in [0.717, 1.165) is 23.3 Å². The summed E-state index contributed by atoms with van der Waals surface area (Å²) in [4.78, 5) is 61.7. The van der Waals surface area contributed by atoms with Crippen LogP contribution in [0.1, 0.15) is 24.2 Å². The number of benzene rings is 3. The number of amides is 2. The predicted octanol–water partition coefficient (Wildman–Crippen LogP) is 3.13. The third-order valence-corrected chi connectivity index (χ3v) is 8.94. The molecule has 0 radical (unpaired) electrons. The van der Waals surface area contributed by atoms with E-state index >= 15 is 0 Å². The second kappa shape index (κ2) is 7.45. The molecule has 8 rings (SSSR count). The molecule has 3 saturated heterocycles. The molecule has 39 heavy (non-hydrogen) atoms. The van der Waals surface area contributed by atoms with Crippen LogP contribution in [-0.4, -0.2) is 43.8 Å². The van der Waals surface area contributed by atoms with Crippen molar-refractivity contribution in [3.8, 4) is 5.69 Å². The number of aromatic nitrogens is 2. The van der Waals surface area contributed by atoms with E-state index in [0.29, 0.717) is 29.0 Å². The van der Waals surface area contributed by atoms with Gasteiger partial charge >= 0.3 is 0 Å². The first-order valence-corrected chi connectivity index (χ1v) is 13.0. The lowest BCUT2D eigenvalue weighted by atomic mass is 9.75. The Kier molecular flexibility index (Phi) is 4.26. The maximum Gasteiger partial charge on any atom is 0.271 e. The number of nitro groups is 1. The number of non-ortho nitro benzene ring substituents is 1. The highest BCUT2D eigenvalue weighted by molar-refractivity contribution is 6.23. The van der Waals surface area contributed by atoms with Gasteiger partial charge in [0.15, 0.2) is 0 Å². The molecule has 4 aromatic rings. The second-order valence-corrected chi connectivity index (χ2v) is 10.6. The molecule has 0 saturated carbocycles. The van der Waals surface area contributed by atoms with Gasteiger partial charge in [-0.25, -0.2) is 9.88 Å². The molecule has 4 aliphatic heterocycles. The molecule has 10 heteroatoms. The second-order valence-electron chi connectivity index (χ2n) is 10.6. The lowest BCUT2D eigenvalue weighted by Gasteiger charge is -2.38. The Morgan fingerprint density at radius 1 is 0.949 bits per heavy atom. The molecule has 3 fully saturated rings. The highest BCUT2D eigenvalue weighted by Crippen LogP contribution is 2.62. The number of carbonyl (C=O) groups is 2. The van der Waals surface area contributed by atoms with Crippen LogP contribution in [0.4, 0.5) is 11.4 Å². The Morgan fingerprint density at radius 2 is 1.74 bits per heavy atom. The van der Waals surface area contributed by atoms with Gasteiger partial charge in [0.05, 0.1) is 39.0 Å². The monoisotopic (exact) mass is 519 g/mol. The topological polar surface area (TPSA) is 119 Å². The average Bonchev–Trinajstić information content (AvgIpc) is 3.66. The number of nitro benzene ring substituents is 1. The maximum atomic E-state index is 14.4. The van der Waals surface area contributed by atoms with E-state index in [-0.39, 0.29) is 28.9 Å². The van der Waals surface area contributed by atoms with Gasteiger partial charge in [-0.3, -0.25) is 34.0 Å². The van der Waals surface area contributed by atoms with Gasteiger partial charge in [0, 0.05) is 23.7 Å². The summed E-state index contributed by atoms with van der Waals surface area (Å²) in [5, 5.41) is 11.9. The summed E-state index contributed by atoms with van der Waals surface area (Å²) in [5.74, 6) is -1.84. The van der Waals surface area contributed by atoms with Crippen molar-refractivity contribution in [3.05, 3.63) is 105 Å². The number of carbonyl (C=O) groups excluding carboxylic acids is 2. The Bertz CT molecular complexity index is 1850. The third-order valence-electron chi connectivity index (χ3n) is 8.94. The minimum Gasteiger partial charge on any atom is -0.283 e. The van der Waals surface area contributed by atoms with E-state index in [1.165, 1.54) is 18.2 Å². The van der Waals surface area contributed by atoms with E-state index in [2.05, 4.69) is 4.90 Å². The first kappa shape index (κ1) is 22.3. The molecule has 0 bridgehead atoms. The van der Waals surface area contributed by atoms with Crippen molar-refractivity contribution >= 4 is 34.1 Å². The summed E-state index contributed by atoms with van der Waals surface area (Å²) in [6.45, 7) is 0.659. The number of imide groups is 1. The van der Waals surface area contributed by atoms with Crippen molar-refractivity contribution in [2.45, 2.75) is 24.4 Å². The largest absolute Gasteiger partial charge is 0.283 e. The maximum absolute atomic E-state index is 14.4. The first-order valence-electron chi connectivity index (χ1n) is 13.0. The van der Waals surface area contributed by atoms with Crippen molar-refractivity contribution in [1.82, 2.24) is 14.5 Å². The zero-order valence-electron chi connectivity index (χ0n) is 20.6. The Morgan fingerprint density at radius 3 is 2.59 bits per heavy atom. The van der Waals surface area contributed by atoms with E-state index in [1.54, 1.807) is 28.8 Å². The van der Waals surface area contributed by atoms with E-state index in [4.69, 9.17) is 4.98 Å². The van der Waals surface area contributed by atoms with Gasteiger partial charge in [0.25, 0.3) is 11.2 Å². The van der Waals surface area contributed by atoms with E-state index in [1.807, 2.05) is 30.3 Å². The summed E-state index contributed by atoms with van der Waals surface area (Å²) < 4.78 is 1.61. The lowest BCUT2D eigenvalue weighted by molar-refractivity contribution is -0.384. The van der Waals surface area contributed by atoms with Gasteiger partial charge in [0.2, 0.25) is 11.8 Å². The number of anilines is 1. The molecule has 0 aliphatic carbocycles. The number of fused-ring (bicyclic) bond motifs is 11. The van der Waals surface area contributed by atoms with Crippen molar-refractivity contribution < 1.29 is 14.5 Å². The summed E-state index contributed by atoms with van der Waals surface area (Å²) >= 11 is 0. The van der Waals surface area contributed by atoms with Gasteiger partial charge in [-0.05, 0) is 43.7 Å². The summed E-state index contributed by atoms with van der Waals surface area (Å²) in [6.07, 6.45) is 1.57. The van der Waals surface area contributed by atoms with Crippen LogP contribution in [0.15, 0.2) is 77.6 Å². The van der Waals surface area contributed by atoms with E-state index < -0.39 is 28.2 Å². The lowest BCUT2D eigenvalue weighted by Crippen LogP contribution is -2.51. The van der Waals surface area contributed by atoms with Gasteiger partial charge in [-0.15, -0.1) is 0 Å². The zero-order valence-corrected chi connectivity index (χ0v) is 20.6. The number of para-hydroxylation sites is 2. The number of nitrogens with zero attached hydrogens (tertiary/aromatic N) is 5. The molecule has 0 unspecified atom stereocenters. The predicted molar refractivity (Wildman–Crippen MR) is 140 cm³/mol. The number of hydrogen-bond acceptors (Lipinski definition) is 7. The Balaban J connectivity index is 1.42. The standard InChI is InChI=1S/C29H21N5O5/c35-25-18-9-1-3-11-20(18)30-28-29(19-10-2-4-12-21(19)33(25)28)24-23(22-13-6-14-31(22)29)26(36)32(27(24)37)16-7-5-8-17(15-16)34(38)39/h1-5,7-12,15,22-24H,6,13-14H2/t22-,23+,24+,29-/m0/s1. The molecule has 1 spiro atoms. The zero-order chi connectivity index (χ0) is 26.6. The highest BCUT2D eigenvalue weighted by Gasteiger charge is 2.73. The molecule has 192 valence electrons. The van der Waals surface area contributed by atoms with E-state index in [9.17, 15) is 24.5 Å². The van der Waals surface area contributed by atoms with Gasteiger partial charge in [-0.2, -0.15) is 0 Å². The van der Waals surface area contributed by atoms with Crippen molar-refractivity contribution in [2.24, 2.45) is 11.8 Å². The van der Waals surface area contributed by atoms with Gasteiger partial charge < -0.3 is 0 Å². The van der Waals surface area contributed by atoms with Crippen LogP contribution >= 0.6 is 0 Å². The molecule has 3 aromatic carbocycles. The molecular formula is C29H21N5O5. The molecule has 4 aliphatic rings. The fourth-order valence-electron chi connectivity index (χ4n) is 7.61. The molecule has 1 aromatic heterocycles. The third kappa shape index (κ3) is 2.54. The number of rotatable bonds is 2. The fourth-order valence-corrected chi connectivity index (χ4v) is 7.61. The first-order chi connectivity index (χ1) is 18.9. The van der Waals surface area contributed by atoms with Crippen molar-refractivity contribution in [3.63, 3.8) is 0 Å². The molecular weight excluding hydrogens is 498 g/mol. The molecule has 2 amide bonds. The summed E-state index contributed by atoms with van der Waals surface area (Å²) in [7, 11) is 0. The molecule has 5 heterocycles. The van der Waals surface area contributed by atoms with Crippen LogP contribution in [0.25, 0.3) is 16.6 Å². The normalized spacial score (nSPS) is 26.8. The SMILES string of the molecule is O=C1[C@@H]2[C@@H]3CCCN3[C@@]3(c4ccccc4-n4c3nc3ccccc3c4=O)[C@H]2C(=O)N1c1cccc([N+](=O)[O-])c1. The van der Waals surface area contributed by atoms with Crippen LogP contribution < -0.4 is 10.5 Å². The molecule has 10 nitrogen and oxygen atoms in total. The smallest absolute Gasteiger partial charge is 0.271 e. The highest BCUT2D eigenvalue weighted by atomic mass is 16.6. The number of hydrogen-bond donors (Lipinski definition) is 0. The fraction of sp³-hybridized carbons (Fsp3) is 0.241. The quantitative estimate of drug-likeness (QED) is 0.227. The van der Waals surface area contributed by atoms with Crippen LogP contribution in [0.3, 0.4) is 0 Å². The molecule has 0 N–H and O–H groups in total. The van der Waals surface area contributed by atoms with Crippen LogP contribution in [0.5, 0.6) is 0 Å². The summed E-state index contributed by atoms with van der Waals surface area (Å²) in [6, 6.07) is 20.1. The minimum absolute atomic E-state index is 0.184. The summed E-state index contributed by atoms with van der Waals surface area (Å²) in [5.41, 5.74) is 0.636. The Labute approximate surface area is 221 Å². The van der Waals surface area contributed by atoms with Crippen LogP contribution in [0.2, 0.25) is 0 Å². The van der Waals surface area contributed by atoms with Crippen LogP contribution in [0, 0.1) is 22.0 Å². The Hall–Kier alpha value is -4.70. The van der Waals surface area contributed by atoms with Gasteiger partial charge in [-0.1, -0.05) is 36.4 Å². The van der Waals surface area contributed by atoms with Crippen LogP contribution in [-0.2, 0) is 15.1 Å². The van der Waals surface area contributed by atoms with Crippen molar-refractivity contribution in [2.75, 3.05) is 11.4 Å². The molecule has 4 atom stereocenters. The van der Waals surface area contributed by atoms with Crippen molar-refractivity contribution in [1.29, 1.82) is 0 Å². The average molecular weight is 520 g/mol.